The third-order valence-electron chi connectivity index (χ3n) is 4.26. The summed E-state index contributed by atoms with van der Waals surface area (Å²) in [6.07, 6.45) is 1.53. The Morgan fingerprint density at radius 2 is 2.28 bits per heavy atom. The number of nitrogens with zero attached hydrogens (tertiary/aromatic N) is 3. The third kappa shape index (κ3) is 3.96. The maximum atomic E-state index is 12.5. The van der Waals surface area contributed by atoms with Crippen LogP contribution in [-0.2, 0) is 24.3 Å². The van der Waals surface area contributed by atoms with Gasteiger partial charge >= 0.3 is 0 Å². The number of ether oxygens (including phenoxy) is 1. The van der Waals surface area contributed by atoms with Gasteiger partial charge in [-0.1, -0.05) is 13.8 Å². The van der Waals surface area contributed by atoms with Crippen LogP contribution in [0.5, 0.6) is 0 Å². The van der Waals surface area contributed by atoms with Gasteiger partial charge in [-0.25, -0.2) is 9.67 Å². The van der Waals surface area contributed by atoms with Gasteiger partial charge in [0.2, 0.25) is 5.56 Å². The third-order valence-corrected chi connectivity index (χ3v) is 4.26. The summed E-state index contributed by atoms with van der Waals surface area (Å²) in [5.41, 5.74) is 0.878. The number of fused-ring (bicyclic) bond motifs is 1. The Balaban J connectivity index is 1.70. The van der Waals surface area contributed by atoms with Crippen LogP contribution in [0.4, 0.5) is 0 Å². The van der Waals surface area contributed by atoms with Gasteiger partial charge in [0.15, 0.2) is 5.82 Å². The molecule has 2 aromatic heterocycles. The quantitative estimate of drug-likeness (QED) is 0.841. The zero-order valence-electron chi connectivity index (χ0n) is 14.7. The molecule has 0 aromatic carbocycles. The monoisotopic (exact) mass is 345 g/mol. The number of H-pyrrole nitrogens is 1. The number of rotatable bonds is 5. The normalized spacial score (nSPS) is 16.7. The Kier molecular flexibility index (Phi) is 4.98. The molecule has 8 heteroatoms. The highest BCUT2D eigenvalue weighted by atomic mass is 16.5. The topological polar surface area (TPSA) is 102 Å². The maximum absolute atomic E-state index is 12.5. The molecule has 2 aromatic rings. The van der Waals surface area contributed by atoms with E-state index < -0.39 is 0 Å². The van der Waals surface area contributed by atoms with Crippen LogP contribution in [0.3, 0.4) is 0 Å². The van der Waals surface area contributed by atoms with E-state index in [-0.39, 0.29) is 23.4 Å². The molecule has 25 heavy (non-hydrogen) atoms. The summed E-state index contributed by atoms with van der Waals surface area (Å²) in [5.74, 6) is 1.47. The molecule has 3 rings (SSSR count). The van der Waals surface area contributed by atoms with Gasteiger partial charge < -0.3 is 15.0 Å². The summed E-state index contributed by atoms with van der Waals surface area (Å²) in [6.45, 7) is 4.88. The van der Waals surface area contributed by atoms with E-state index >= 15 is 0 Å². The molecule has 0 fully saturated rings. The summed E-state index contributed by atoms with van der Waals surface area (Å²) >= 11 is 0. The fourth-order valence-electron chi connectivity index (χ4n) is 2.94. The molecule has 134 valence electrons. The first kappa shape index (κ1) is 17.3. The Morgan fingerprint density at radius 1 is 1.48 bits per heavy atom. The van der Waals surface area contributed by atoms with Crippen molar-refractivity contribution < 1.29 is 9.53 Å². The minimum Gasteiger partial charge on any atom is -0.377 e. The SMILES string of the molecule is COCc1nc2n(n1)C[C@@H](NC(=O)c1cc(C(C)C)[nH]c(=O)c1)CC2. The number of aryl methyl sites for hydroxylation is 1. The molecule has 1 aliphatic heterocycles. The van der Waals surface area contributed by atoms with Crippen LogP contribution in [-0.4, -0.2) is 38.8 Å². The fourth-order valence-corrected chi connectivity index (χ4v) is 2.94. The van der Waals surface area contributed by atoms with Gasteiger partial charge in [0, 0.05) is 36.9 Å². The van der Waals surface area contributed by atoms with Crippen molar-refractivity contribution in [3.63, 3.8) is 0 Å². The van der Waals surface area contributed by atoms with Gasteiger partial charge in [0.05, 0.1) is 6.54 Å². The molecule has 0 spiro atoms. The van der Waals surface area contributed by atoms with Crippen molar-refractivity contribution in [2.24, 2.45) is 0 Å². The molecule has 1 aliphatic rings. The van der Waals surface area contributed by atoms with Crippen LogP contribution < -0.4 is 10.9 Å². The smallest absolute Gasteiger partial charge is 0.251 e. The zero-order valence-corrected chi connectivity index (χ0v) is 14.7. The lowest BCUT2D eigenvalue weighted by Crippen LogP contribution is -2.41. The number of carbonyl (C=O) groups is 1. The average molecular weight is 345 g/mol. The molecule has 0 saturated heterocycles. The number of hydrogen-bond acceptors (Lipinski definition) is 5. The molecular weight excluding hydrogens is 322 g/mol. The molecule has 0 bridgehead atoms. The highest BCUT2D eigenvalue weighted by Crippen LogP contribution is 2.15. The van der Waals surface area contributed by atoms with E-state index in [1.54, 1.807) is 13.2 Å². The summed E-state index contributed by atoms with van der Waals surface area (Å²) in [5, 5.41) is 7.40. The number of aromatic nitrogens is 4. The van der Waals surface area contributed by atoms with Crippen LogP contribution in [0.1, 0.15) is 53.9 Å². The second-order valence-electron chi connectivity index (χ2n) is 6.61. The highest BCUT2D eigenvalue weighted by molar-refractivity contribution is 5.94. The highest BCUT2D eigenvalue weighted by Gasteiger charge is 2.23. The van der Waals surface area contributed by atoms with Crippen molar-refractivity contribution in [2.75, 3.05) is 7.11 Å². The summed E-state index contributed by atoms with van der Waals surface area (Å²) in [7, 11) is 1.61. The Morgan fingerprint density at radius 3 is 3.00 bits per heavy atom. The van der Waals surface area contributed by atoms with Crippen molar-refractivity contribution in [2.45, 2.75) is 51.8 Å². The number of methoxy groups -OCH3 is 1. The van der Waals surface area contributed by atoms with Crippen LogP contribution in [0, 0.1) is 0 Å². The van der Waals surface area contributed by atoms with Crippen molar-refractivity contribution in [3.05, 3.63) is 45.4 Å². The number of amides is 1. The first-order valence-corrected chi connectivity index (χ1v) is 8.43. The van der Waals surface area contributed by atoms with E-state index in [1.165, 1.54) is 6.07 Å². The van der Waals surface area contributed by atoms with E-state index in [1.807, 2.05) is 18.5 Å². The van der Waals surface area contributed by atoms with Gasteiger partial charge in [-0.15, -0.1) is 0 Å². The number of carbonyl (C=O) groups excluding carboxylic acids is 1. The van der Waals surface area contributed by atoms with Gasteiger partial charge in [0.25, 0.3) is 5.91 Å². The molecule has 3 heterocycles. The fraction of sp³-hybridized carbons (Fsp3) is 0.529. The second-order valence-corrected chi connectivity index (χ2v) is 6.61. The first-order chi connectivity index (χ1) is 12.0. The predicted molar refractivity (Wildman–Crippen MR) is 91.5 cm³/mol. The molecule has 2 N–H and O–H groups in total. The number of pyridine rings is 1. The van der Waals surface area contributed by atoms with Crippen LogP contribution in [0.2, 0.25) is 0 Å². The van der Waals surface area contributed by atoms with Gasteiger partial charge in [-0.2, -0.15) is 5.10 Å². The molecule has 0 unspecified atom stereocenters. The minimum absolute atomic E-state index is 0.0427. The summed E-state index contributed by atoms with van der Waals surface area (Å²) in [6, 6.07) is 3.03. The Labute approximate surface area is 145 Å². The maximum Gasteiger partial charge on any atom is 0.251 e. The van der Waals surface area contributed by atoms with Crippen molar-refractivity contribution in [1.82, 2.24) is 25.1 Å². The van der Waals surface area contributed by atoms with E-state index in [0.29, 0.717) is 24.5 Å². The lowest BCUT2D eigenvalue weighted by Gasteiger charge is -2.23. The van der Waals surface area contributed by atoms with E-state index in [4.69, 9.17) is 4.74 Å². The van der Waals surface area contributed by atoms with E-state index in [0.717, 1.165) is 24.4 Å². The molecule has 0 saturated carbocycles. The lowest BCUT2D eigenvalue weighted by atomic mass is 10.1. The largest absolute Gasteiger partial charge is 0.377 e. The van der Waals surface area contributed by atoms with Crippen molar-refractivity contribution in [1.29, 1.82) is 0 Å². The van der Waals surface area contributed by atoms with E-state index in [9.17, 15) is 9.59 Å². The van der Waals surface area contributed by atoms with Gasteiger partial charge in [-0.05, 0) is 18.4 Å². The molecule has 0 aliphatic carbocycles. The van der Waals surface area contributed by atoms with Crippen LogP contribution >= 0.6 is 0 Å². The minimum atomic E-state index is -0.261. The number of hydrogen-bond donors (Lipinski definition) is 2. The van der Waals surface area contributed by atoms with Crippen LogP contribution in [0.25, 0.3) is 0 Å². The molecule has 1 amide bonds. The summed E-state index contributed by atoms with van der Waals surface area (Å²) < 4.78 is 6.88. The number of aromatic amines is 1. The van der Waals surface area contributed by atoms with Gasteiger partial charge in [0.1, 0.15) is 12.4 Å². The van der Waals surface area contributed by atoms with Crippen LogP contribution in [0.15, 0.2) is 16.9 Å². The van der Waals surface area contributed by atoms with Crippen molar-refractivity contribution in [3.8, 4) is 0 Å². The average Bonchev–Trinajstić information content (AvgIpc) is 2.96. The molecule has 8 nitrogen and oxygen atoms in total. The standard InChI is InChI=1S/C17H23N5O3/c1-10(2)13-6-11(7-16(23)19-13)17(24)18-12-4-5-15-20-14(9-25-3)21-22(15)8-12/h6-7,10,12H,4-5,8-9H2,1-3H3,(H,18,24)(H,19,23)/t12-/m0/s1. The first-order valence-electron chi connectivity index (χ1n) is 8.43. The van der Waals surface area contributed by atoms with Gasteiger partial charge in [-0.3, -0.25) is 9.59 Å². The second kappa shape index (κ2) is 7.18. The molecule has 0 radical (unpaired) electrons. The molecular formula is C17H23N5O3. The lowest BCUT2D eigenvalue weighted by molar-refractivity contribution is 0.0925. The Hall–Kier alpha value is -2.48. The van der Waals surface area contributed by atoms with Crippen molar-refractivity contribution >= 4 is 5.91 Å². The van der Waals surface area contributed by atoms with E-state index in [2.05, 4.69) is 20.4 Å². The zero-order chi connectivity index (χ0) is 18.0. The Bertz CT molecular complexity index is 824. The number of nitrogens with one attached hydrogen (secondary N) is 2. The predicted octanol–water partition coefficient (Wildman–Crippen LogP) is 0.981. The molecule has 1 atom stereocenters. The summed E-state index contributed by atoms with van der Waals surface area (Å²) in [4.78, 5) is 31.5.